The molecule has 1 aliphatic rings. The van der Waals surface area contributed by atoms with Crippen molar-refractivity contribution in [2.75, 3.05) is 12.3 Å². The average Bonchev–Trinajstić information content (AvgIpc) is 2.96. The van der Waals surface area contributed by atoms with Gasteiger partial charge in [-0.1, -0.05) is 30.3 Å². The fourth-order valence-corrected chi connectivity index (χ4v) is 2.99. The molecule has 1 heterocycles. The van der Waals surface area contributed by atoms with Gasteiger partial charge < -0.3 is 10.6 Å². The van der Waals surface area contributed by atoms with Crippen LogP contribution >= 0.6 is 0 Å². The lowest BCUT2D eigenvalue weighted by molar-refractivity contribution is 0.0736. The van der Waals surface area contributed by atoms with Gasteiger partial charge in [-0.15, -0.1) is 0 Å². The molecule has 2 aromatic rings. The van der Waals surface area contributed by atoms with Crippen LogP contribution < -0.4 is 5.73 Å². The van der Waals surface area contributed by atoms with Crippen molar-refractivity contribution in [1.82, 2.24) is 4.90 Å². The lowest BCUT2D eigenvalue weighted by Crippen LogP contribution is -2.36. The van der Waals surface area contributed by atoms with Crippen molar-refractivity contribution >= 4 is 11.6 Å². The second kappa shape index (κ2) is 6.00. The first-order valence-electron chi connectivity index (χ1n) is 7.44. The first-order chi connectivity index (χ1) is 10.2. The SMILES string of the molecule is Nc1ccc(C(=O)N2CCCC2Cc2ccccc2)cc1. The molecule has 0 bridgehead atoms. The van der Waals surface area contributed by atoms with Crippen molar-refractivity contribution in [2.24, 2.45) is 0 Å². The number of benzene rings is 2. The van der Waals surface area contributed by atoms with Gasteiger partial charge in [-0.05, 0) is 49.1 Å². The van der Waals surface area contributed by atoms with Crippen LogP contribution in [0.3, 0.4) is 0 Å². The monoisotopic (exact) mass is 280 g/mol. The molecule has 1 amide bonds. The van der Waals surface area contributed by atoms with Crippen LogP contribution in [0.1, 0.15) is 28.8 Å². The van der Waals surface area contributed by atoms with E-state index in [1.165, 1.54) is 5.56 Å². The minimum absolute atomic E-state index is 0.119. The molecule has 1 unspecified atom stereocenters. The first-order valence-corrected chi connectivity index (χ1v) is 7.44. The van der Waals surface area contributed by atoms with Crippen molar-refractivity contribution in [2.45, 2.75) is 25.3 Å². The normalized spacial score (nSPS) is 17.9. The molecule has 3 rings (SSSR count). The van der Waals surface area contributed by atoms with Gasteiger partial charge in [-0.25, -0.2) is 0 Å². The van der Waals surface area contributed by atoms with Crippen molar-refractivity contribution in [3.63, 3.8) is 0 Å². The van der Waals surface area contributed by atoms with E-state index in [0.29, 0.717) is 11.7 Å². The van der Waals surface area contributed by atoms with Crippen LogP contribution in [0.4, 0.5) is 5.69 Å². The highest BCUT2D eigenvalue weighted by Gasteiger charge is 2.29. The molecule has 1 atom stereocenters. The third-order valence-electron chi connectivity index (χ3n) is 4.11. The lowest BCUT2D eigenvalue weighted by atomic mass is 10.0. The Morgan fingerprint density at radius 2 is 1.81 bits per heavy atom. The summed E-state index contributed by atoms with van der Waals surface area (Å²) < 4.78 is 0. The maximum absolute atomic E-state index is 12.6. The summed E-state index contributed by atoms with van der Waals surface area (Å²) in [4.78, 5) is 14.7. The highest BCUT2D eigenvalue weighted by Crippen LogP contribution is 2.23. The number of likely N-dealkylation sites (tertiary alicyclic amines) is 1. The van der Waals surface area contributed by atoms with E-state index in [2.05, 4.69) is 24.3 Å². The van der Waals surface area contributed by atoms with Crippen LogP contribution in [0.25, 0.3) is 0 Å². The largest absolute Gasteiger partial charge is 0.399 e. The van der Waals surface area contributed by atoms with E-state index < -0.39 is 0 Å². The summed E-state index contributed by atoms with van der Waals surface area (Å²) in [6.45, 7) is 0.848. The van der Waals surface area contributed by atoms with E-state index in [1.807, 2.05) is 23.1 Å². The average molecular weight is 280 g/mol. The zero-order valence-corrected chi connectivity index (χ0v) is 12.0. The topological polar surface area (TPSA) is 46.3 Å². The Bertz CT molecular complexity index is 607. The summed E-state index contributed by atoms with van der Waals surface area (Å²) in [5, 5.41) is 0. The van der Waals surface area contributed by atoms with Crippen molar-refractivity contribution in [3.05, 3.63) is 65.7 Å². The molecule has 0 radical (unpaired) electrons. The second-order valence-corrected chi connectivity index (χ2v) is 5.61. The molecule has 1 fully saturated rings. The summed E-state index contributed by atoms with van der Waals surface area (Å²) in [6, 6.07) is 17.9. The van der Waals surface area contributed by atoms with Gasteiger partial charge >= 0.3 is 0 Å². The molecule has 0 spiro atoms. The van der Waals surface area contributed by atoms with Crippen molar-refractivity contribution < 1.29 is 4.79 Å². The molecular weight excluding hydrogens is 260 g/mol. The molecule has 0 aromatic heterocycles. The minimum atomic E-state index is 0.119. The van der Waals surface area contributed by atoms with E-state index in [0.717, 1.165) is 31.4 Å². The Labute approximate surface area is 125 Å². The third kappa shape index (κ3) is 3.07. The van der Waals surface area contributed by atoms with Gasteiger partial charge in [0.25, 0.3) is 5.91 Å². The molecule has 21 heavy (non-hydrogen) atoms. The maximum atomic E-state index is 12.6. The van der Waals surface area contributed by atoms with Gasteiger partial charge in [0.2, 0.25) is 0 Å². The molecule has 1 saturated heterocycles. The summed E-state index contributed by atoms with van der Waals surface area (Å²) in [7, 11) is 0. The molecule has 3 heteroatoms. The molecule has 2 N–H and O–H groups in total. The number of hydrogen-bond donors (Lipinski definition) is 1. The Kier molecular flexibility index (Phi) is 3.91. The van der Waals surface area contributed by atoms with Crippen molar-refractivity contribution in [1.29, 1.82) is 0 Å². The van der Waals surface area contributed by atoms with Crippen LogP contribution in [0.15, 0.2) is 54.6 Å². The Morgan fingerprint density at radius 3 is 2.52 bits per heavy atom. The summed E-state index contributed by atoms with van der Waals surface area (Å²) in [5.41, 5.74) is 8.39. The van der Waals surface area contributed by atoms with Gasteiger partial charge in [0.1, 0.15) is 0 Å². The molecule has 3 nitrogen and oxygen atoms in total. The Morgan fingerprint density at radius 1 is 1.10 bits per heavy atom. The fourth-order valence-electron chi connectivity index (χ4n) is 2.99. The van der Waals surface area contributed by atoms with Crippen molar-refractivity contribution in [3.8, 4) is 0 Å². The molecule has 1 aliphatic heterocycles. The quantitative estimate of drug-likeness (QED) is 0.878. The predicted molar refractivity (Wildman–Crippen MR) is 85.1 cm³/mol. The number of rotatable bonds is 3. The number of carbonyl (C=O) groups excluding carboxylic acids is 1. The lowest BCUT2D eigenvalue weighted by Gasteiger charge is -2.25. The Hall–Kier alpha value is -2.29. The number of nitrogens with zero attached hydrogens (tertiary/aromatic N) is 1. The smallest absolute Gasteiger partial charge is 0.254 e. The fraction of sp³-hybridized carbons (Fsp3) is 0.278. The highest BCUT2D eigenvalue weighted by atomic mass is 16.2. The number of nitrogen functional groups attached to an aromatic ring is 1. The van der Waals surface area contributed by atoms with Gasteiger partial charge in [0.15, 0.2) is 0 Å². The van der Waals surface area contributed by atoms with Gasteiger partial charge in [-0.2, -0.15) is 0 Å². The van der Waals surface area contributed by atoms with E-state index in [4.69, 9.17) is 5.73 Å². The van der Waals surface area contributed by atoms with Crippen LogP contribution in [0, 0.1) is 0 Å². The van der Waals surface area contributed by atoms with E-state index in [-0.39, 0.29) is 5.91 Å². The van der Waals surface area contributed by atoms with E-state index in [9.17, 15) is 4.79 Å². The molecule has 0 aliphatic carbocycles. The summed E-state index contributed by atoms with van der Waals surface area (Å²) >= 11 is 0. The van der Waals surface area contributed by atoms with Gasteiger partial charge in [-0.3, -0.25) is 4.79 Å². The number of anilines is 1. The number of amides is 1. The molecule has 0 saturated carbocycles. The predicted octanol–water partition coefficient (Wildman–Crippen LogP) is 3.12. The molecular formula is C18H20N2O. The minimum Gasteiger partial charge on any atom is -0.399 e. The maximum Gasteiger partial charge on any atom is 0.254 e. The number of carbonyl (C=O) groups is 1. The van der Waals surface area contributed by atoms with Gasteiger partial charge in [0, 0.05) is 23.8 Å². The van der Waals surface area contributed by atoms with E-state index >= 15 is 0 Å². The Balaban J connectivity index is 1.74. The number of nitrogens with two attached hydrogens (primary N) is 1. The third-order valence-corrected chi connectivity index (χ3v) is 4.11. The first kappa shape index (κ1) is 13.7. The molecule has 108 valence electrons. The zero-order chi connectivity index (χ0) is 14.7. The molecule has 2 aromatic carbocycles. The van der Waals surface area contributed by atoms with Crippen LogP contribution in [0.2, 0.25) is 0 Å². The van der Waals surface area contributed by atoms with Crippen LogP contribution in [0.5, 0.6) is 0 Å². The van der Waals surface area contributed by atoms with E-state index in [1.54, 1.807) is 12.1 Å². The van der Waals surface area contributed by atoms with Crippen LogP contribution in [-0.4, -0.2) is 23.4 Å². The van der Waals surface area contributed by atoms with Gasteiger partial charge in [0.05, 0.1) is 0 Å². The summed E-state index contributed by atoms with van der Waals surface area (Å²) in [5.74, 6) is 0.119. The second-order valence-electron chi connectivity index (χ2n) is 5.61. The number of hydrogen-bond acceptors (Lipinski definition) is 2. The zero-order valence-electron chi connectivity index (χ0n) is 12.0. The summed E-state index contributed by atoms with van der Waals surface area (Å²) in [6.07, 6.45) is 3.09. The standard InChI is InChI=1S/C18H20N2O/c19-16-10-8-15(9-11-16)18(21)20-12-4-7-17(20)13-14-5-2-1-3-6-14/h1-3,5-6,8-11,17H,4,7,12-13,19H2. The highest BCUT2D eigenvalue weighted by molar-refractivity contribution is 5.94. The van der Waals surface area contributed by atoms with Crippen LogP contribution in [-0.2, 0) is 6.42 Å².